The molecule has 0 aliphatic carbocycles. The van der Waals surface area contributed by atoms with Gasteiger partial charge in [0.1, 0.15) is 0 Å². The lowest BCUT2D eigenvalue weighted by molar-refractivity contribution is -0.121. The van der Waals surface area contributed by atoms with Gasteiger partial charge in [-0.3, -0.25) is 4.79 Å². The van der Waals surface area contributed by atoms with Crippen LogP contribution in [0.1, 0.15) is 50.8 Å². The number of amides is 1. The molecule has 0 heterocycles. The van der Waals surface area contributed by atoms with Crippen molar-refractivity contribution in [1.82, 2.24) is 5.32 Å². The van der Waals surface area contributed by atoms with E-state index in [2.05, 4.69) is 26.1 Å². The number of aliphatic hydroxyl groups excluding tert-OH is 1. The van der Waals surface area contributed by atoms with E-state index in [1.54, 1.807) is 7.05 Å². The third-order valence-corrected chi connectivity index (χ3v) is 3.09. The van der Waals surface area contributed by atoms with Crippen molar-refractivity contribution in [3.8, 4) is 0 Å². The number of nitrogens with one attached hydrogen (secondary N) is 1. The SMILES string of the molecule is CNC(=O)CCC(O)c1ccc(C(C)(C)C)cc1. The van der Waals surface area contributed by atoms with Gasteiger partial charge in [0.15, 0.2) is 0 Å². The van der Waals surface area contributed by atoms with Gasteiger partial charge in [-0.1, -0.05) is 45.0 Å². The van der Waals surface area contributed by atoms with Crippen molar-refractivity contribution in [2.75, 3.05) is 7.05 Å². The van der Waals surface area contributed by atoms with Crippen LogP contribution in [0.5, 0.6) is 0 Å². The molecule has 18 heavy (non-hydrogen) atoms. The Morgan fingerprint density at radius 3 is 2.28 bits per heavy atom. The highest BCUT2D eigenvalue weighted by atomic mass is 16.3. The Balaban J connectivity index is 2.65. The maximum absolute atomic E-state index is 11.1. The maximum atomic E-state index is 11.1. The first-order valence-corrected chi connectivity index (χ1v) is 6.33. The molecule has 0 saturated carbocycles. The second-order valence-electron chi connectivity index (χ2n) is 5.60. The van der Waals surface area contributed by atoms with Gasteiger partial charge in [0.05, 0.1) is 6.10 Å². The van der Waals surface area contributed by atoms with Crippen LogP contribution in [0, 0.1) is 0 Å². The molecule has 1 atom stereocenters. The number of hydrogen-bond acceptors (Lipinski definition) is 2. The van der Waals surface area contributed by atoms with Crippen LogP contribution in [-0.2, 0) is 10.2 Å². The van der Waals surface area contributed by atoms with Crippen LogP contribution in [0.15, 0.2) is 24.3 Å². The van der Waals surface area contributed by atoms with Crippen LogP contribution in [-0.4, -0.2) is 18.1 Å². The topological polar surface area (TPSA) is 49.3 Å². The van der Waals surface area contributed by atoms with Crippen molar-refractivity contribution >= 4 is 5.91 Å². The van der Waals surface area contributed by atoms with Gasteiger partial charge < -0.3 is 10.4 Å². The van der Waals surface area contributed by atoms with E-state index >= 15 is 0 Å². The molecule has 0 bridgehead atoms. The second kappa shape index (κ2) is 6.01. The molecule has 3 heteroatoms. The van der Waals surface area contributed by atoms with Gasteiger partial charge in [0.25, 0.3) is 0 Å². The van der Waals surface area contributed by atoms with E-state index in [1.807, 2.05) is 24.3 Å². The minimum absolute atomic E-state index is 0.0413. The Morgan fingerprint density at radius 1 is 1.28 bits per heavy atom. The van der Waals surface area contributed by atoms with Gasteiger partial charge in [-0.25, -0.2) is 0 Å². The predicted molar refractivity (Wildman–Crippen MR) is 73.4 cm³/mol. The average Bonchev–Trinajstić information content (AvgIpc) is 2.34. The van der Waals surface area contributed by atoms with Crippen molar-refractivity contribution in [2.24, 2.45) is 0 Å². The number of carbonyl (C=O) groups is 1. The van der Waals surface area contributed by atoms with Crippen LogP contribution in [0.4, 0.5) is 0 Å². The van der Waals surface area contributed by atoms with Crippen molar-refractivity contribution in [3.63, 3.8) is 0 Å². The summed E-state index contributed by atoms with van der Waals surface area (Å²) in [7, 11) is 1.60. The summed E-state index contributed by atoms with van der Waals surface area (Å²) < 4.78 is 0. The van der Waals surface area contributed by atoms with Gasteiger partial charge >= 0.3 is 0 Å². The molecule has 1 amide bonds. The highest BCUT2D eigenvalue weighted by Gasteiger charge is 2.15. The number of aliphatic hydroxyl groups is 1. The minimum Gasteiger partial charge on any atom is -0.388 e. The fraction of sp³-hybridized carbons (Fsp3) is 0.533. The molecule has 0 radical (unpaired) electrons. The lowest BCUT2D eigenvalue weighted by Crippen LogP contribution is -2.18. The average molecular weight is 249 g/mol. The van der Waals surface area contributed by atoms with Gasteiger partial charge in [-0.2, -0.15) is 0 Å². The molecule has 3 nitrogen and oxygen atoms in total. The number of benzene rings is 1. The smallest absolute Gasteiger partial charge is 0.219 e. The van der Waals surface area contributed by atoms with E-state index in [0.29, 0.717) is 12.8 Å². The molecule has 0 aliphatic rings. The van der Waals surface area contributed by atoms with Crippen molar-refractivity contribution in [1.29, 1.82) is 0 Å². The number of hydrogen-bond donors (Lipinski definition) is 2. The monoisotopic (exact) mass is 249 g/mol. The van der Waals surface area contributed by atoms with E-state index in [9.17, 15) is 9.90 Å². The highest BCUT2D eigenvalue weighted by Crippen LogP contribution is 2.25. The zero-order valence-electron chi connectivity index (χ0n) is 11.7. The Morgan fingerprint density at radius 2 is 1.83 bits per heavy atom. The van der Waals surface area contributed by atoms with Gasteiger partial charge in [0, 0.05) is 13.5 Å². The van der Waals surface area contributed by atoms with Crippen LogP contribution in [0.3, 0.4) is 0 Å². The third kappa shape index (κ3) is 4.15. The normalized spacial score (nSPS) is 13.2. The van der Waals surface area contributed by atoms with Crippen LogP contribution in [0.25, 0.3) is 0 Å². The van der Waals surface area contributed by atoms with Gasteiger partial charge in [-0.05, 0) is 23.0 Å². The predicted octanol–water partition coefficient (Wildman–Crippen LogP) is 2.54. The molecule has 1 unspecified atom stereocenters. The van der Waals surface area contributed by atoms with E-state index in [4.69, 9.17) is 0 Å². The molecule has 100 valence electrons. The molecule has 0 aliphatic heterocycles. The van der Waals surface area contributed by atoms with Crippen molar-refractivity contribution in [2.45, 2.75) is 45.1 Å². The Kier molecular flexibility index (Phi) is 4.91. The quantitative estimate of drug-likeness (QED) is 0.861. The molecular weight excluding hydrogens is 226 g/mol. The van der Waals surface area contributed by atoms with Crippen LogP contribution in [0.2, 0.25) is 0 Å². The number of carbonyl (C=O) groups excluding carboxylic acids is 1. The maximum Gasteiger partial charge on any atom is 0.219 e. The van der Waals surface area contributed by atoms with Crippen molar-refractivity contribution in [3.05, 3.63) is 35.4 Å². The standard InChI is InChI=1S/C15H23NO2/c1-15(2,3)12-7-5-11(6-8-12)13(17)9-10-14(18)16-4/h5-8,13,17H,9-10H2,1-4H3,(H,16,18). The zero-order chi connectivity index (χ0) is 13.8. The summed E-state index contributed by atoms with van der Waals surface area (Å²) in [6.07, 6.45) is 0.226. The molecule has 1 rings (SSSR count). The molecule has 1 aromatic rings. The zero-order valence-corrected chi connectivity index (χ0v) is 11.7. The van der Waals surface area contributed by atoms with E-state index in [1.165, 1.54) is 5.56 Å². The van der Waals surface area contributed by atoms with Crippen molar-refractivity contribution < 1.29 is 9.90 Å². The van der Waals surface area contributed by atoms with Crippen LogP contribution < -0.4 is 5.32 Å². The fourth-order valence-corrected chi connectivity index (χ4v) is 1.76. The summed E-state index contributed by atoms with van der Waals surface area (Å²) >= 11 is 0. The lowest BCUT2D eigenvalue weighted by Gasteiger charge is -2.20. The first kappa shape index (κ1) is 14.7. The first-order valence-electron chi connectivity index (χ1n) is 6.33. The Bertz CT molecular complexity index is 390. The van der Waals surface area contributed by atoms with Gasteiger partial charge in [0.2, 0.25) is 5.91 Å². The molecule has 0 aromatic heterocycles. The van der Waals surface area contributed by atoms with E-state index in [0.717, 1.165) is 5.56 Å². The molecule has 0 spiro atoms. The molecule has 2 N–H and O–H groups in total. The molecule has 0 saturated heterocycles. The summed E-state index contributed by atoms with van der Waals surface area (Å²) in [4.78, 5) is 11.1. The second-order valence-corrected chi connectivity index (χ2v) is 5.60. The van der Waals surface area contributed by atoms with Crippen LogP contribution >= 0.6 is 0 Å². The molecule has 1 aromatic carbocycles. The molecular formula is C15H23NO2. The summed E-state index contributed by atoms with van der Waals surface area (Å²) in [6, 6.07) is 7.96. The minimum atomic E-state index is -0.573. The van der Waals surface area contributed by atoms with E-state index in [-0.39, 0.29) is 11.3 Å². The summed E-state index contributed by atoms with van der Waals surface area (Å²) in [5.41, 5.74) is 2.22. The first-order chi connectivity index (χ1) is 8.34. The summed E-state index contributed by atoms with van der Waals surface area (Å²) in [5.74, 6) is -0.0413. The largest absolute Gasteiger partial charge is 0.388 e. The summed E-state index contributed by atoms with van der Waals surface area (Å²) in [5, 5.41) is 12.5. The Labute approximate surface area is 109 Å². The summed E-state index contributed by atoms with van der Waals surface area (Å²) in [6.45, 7) is 6.47. The highest BCUT2D eigenvalue weighted by molar-refractivity contribution is 5.75. The lowest BCUT2D eigenvalue weighted by atomic mass is 9.86. The third-order valence-electron chi connectivity index (χ3n) is 3.09. The molecule has 0 fully saturated rings. The van der Waals surface area contributed by atoms with Gasteiger partial charge in [-0.15, -0.1) is 0 Å². The fourth-order valence-electron chi connectivity index (χ4n) is 1.76. The van der Waals surface area contributed by atoms with E-state index < -0.39 is 6.10 Å². The number of rotatable bonds is 4. The Hall–Kier alpha value is -1.35.